The third-order valence-corrected chi connectivity index (χ3v) is 4.10. The van der Waals surface area contributed by atoms with Crippen molar-refractivity contribution in [2.75, 3.05) is 17.3 Å². The van der Waals surface area contributed by atoms with E-state index in [1.807, 2.05) is 6.92 Å². The fourth-order valence-corrected chi connectivity index (χ4v) is 2.63. The Kier molecular flexibility index (Phi) is 6.60. The number of hydrogen-bond donors (Lipinski definition) is 3. The zero-order valence-electron chi connectivity index (χ0n) is 15.8. The Morgan fingerprint density at radius 1 is 1.13 bits per heavy atom. The molecule has 11 heteroatoms. The average molecular weight is 429 g/mol. The third kappa shape index (κ3) is 4.92. The molecule has 3 N–H and O–H groups in total. The van der Waals surface area contributed by atoms with E-state index in [4.69, 9.17) is 16.3 Å². The van der Waals surface area contributed by atoms with E-state index in [2.05, 4.69) is 26.1 Å². The predicted octanol–water partition coefficient (Wildman–Crippen LogP) is 3.94. The summed E-state index contributed by atoms with van der Waals surface area (Å²) in [4.78, 5) is 31.1. The zero-order valence-corrected chi connectivity index (χ0v) is 16.5. The number of aromatic nitrogens is 2. The Balaban J connectivity index is 1.84. The summed E-state index contributed by atoms with van der Waals surface area (Å²) in [7, 11) is 0. The molecule has 0 fully saturated rings. The molecule has 0 saturated carbocycles. The van der Waals surface area contributed by atoms with Crippen molar-refractivity contribution in [1.82, 2.24) is 15.4 Å². The number of halogens is 1. The minimum absolute atomic E-state index is 0.0644. The molecule has 0 aliphatic heterocycles. The second kappa shape index (κ2) is 9.52. The summed E-state index contributed by atoms with van der Waals surface area (Å²) < 4.78 is 5.52. The SMILES string of the molecule is CCOc1ccccc1Nc1ncnc(NNC(=O)c2ccc(Cl)cc2)c1[N+](=O)[O-]. The average Bonchev–Trinajstić information content (AvgIpc) is 2.74. The van der Waals surface area contributed by atoms with E-state index >= 15 is 0 Å². The summed E-state index contributed by atoms with van der Waals surface area (Å²) in [6, 6.07) is 13.1. The van der Waals surface area contributed by atoms with Gasteiger partial charge >= 0.3 is 5.69 Å². The van der Waals surface area contributed by atoms with Crippen molar-refractivity contribution in [2.24, 2.45) is 0 Å². The number of hydrazine groups is 1. The summed E-state index contributed by atoms with van der Waals surface area (Å²) in [6.07, 6.45) is 1.13. The lowest BCUT2D eigenvalue weighted by molar-refractivity contribution is -0.383. The molecule has 2 aromatic carbocycles. The number of carbonyl (C=O) groups excluding carboxylic acids is 1. The number of nitro groups is 1. The minimum atomic E-state index is -0.650. The molecule has 0 spiro atoms. The van der Waals surface area contributed by atoms with Gasteiger partial charge in [-0.25, -0.2) is 9.97 Å². The smallest absolute Gasteiger partial charge is 0.355 e. The number of nitrogens with one attached hydrogen (secondary N) is 3. The van der Waals surface area contributed by atoms with Crippen LogP contribution in [-0.4, -0.2) is 27.4 Å². The molecule has 3 rings (SSSR count). The highest BCUT2D eigenvalue weighted by molar-refractivity contribution is 6.30. The summed E-state index contributed by atoms with van der Waals surface area (Å²) in [5, 5.41) is 15.1. The van der Waals surface area contributed by atoms with E-state index < -0.39 is 16.5 Å². The molecule has 3 aromatic rings. The maximum atomic E-state index is 12.2. The molecule has 0 aliphatic carbocycles. The van der Waals surface area contributed by atoms with Gasteiger partial charge in [0, 0.05) is 10.6 Å². The van der Waals surface area contributed by atoms with Crippen molar-refractivity contribution in [3.63, 3.8) is 0 Å². The lowest BCUT2D eigenvalue weighted by Gasteiger charge is -2.13. The molecule has 0 atom stereocenters. The van der Waals surface area contributed by atoms with Gasteiger partial charge in [0.2, 0.25) is 11.6 Å². The van der Waals surface area contributed by atoms with E-state index in [1.165, 1.54) is 12.1 Å². The Bertz CT molecular complexity index is 1060. The Labute approximate surface area is 176 Å². The number of para-hydroxylation sites is 2. The molecule has 0 aliphatic rings. The third-order valence-electron chi connectivity index (χ3n) is 3.85. The molecule has 0 bridgehead atoms. The molecule has 30 heavy (non-hydrogen) atoms. The predicted molar refractivity (Wildman–Crippen MR) is 112 cm³/mol. The first kappa shape index (κ1) is 20.8. The van der Waals surface area contributed by atoms with Gasteiger partial charge < -0.3 is 10.1 Å². The summed E-state index contributed by atoms with van der Waals surface area (Å²) in [5.41, 5.74) is 5.22. The second-order valence-corrected chi connectivity index (χ2v) is 6.25. The molecule has 10 nitrogen and oxygen atoms in total. The monoisotopic (exact) mass is 428 g/mol. The minimum Gasteiger partial charge on any atom is -0.492 e. The van der Waals surface area contributed by atoms with Crippen molar-refractivity contribution in [3.05, 3.63) is 75.6 Å². The molecule has 1 aromatic heterocycles. The van der Waals surface area contributed by atoms with Crippen molar-refractivity contribution in [3.8, 4) is 5.75 Å². The number of hydrogen-bond acceptors (Lipinski definition) is 8. The highest BCUT2D eigenvalue weighted by Gasteiger charge is 2.24. The van der Waals surface area contributed by atoms with Crippen molar-refractivity contribution in [2.45, 2.75) is 6.92 Å². The molecule has 1 amide bonds. The quantitative estimate of drug-likeness (QED) is 0.363. The number of anilines is 3. The van der Waals surface area contributed by atoms with E-state index in [0.717, 1.165) is 6.33 Å². The van der Waals surface area contributed by atoms with Crippen LogP contribution in [-0.2, 0) is 0 Å². The first-order valence-corrected chi connectivity index (χ1v) is 9.17. The summed E-state index contributed by atoms with van der Waals surface area (Å²) in [6.45, 7) is 2.25. The van der Waals surface area contributed by atoms with Gasteiger partial charge in [-0.2, -0.15) is 0 Å². The summed E-state index contributed by atoms with van der Waals surface area (Å²) in [5.74, 6) is -0.256. The number of amides is 1. The van der Waals surface area contributed by atoms with Gasteiger partial charge in [-0.1, -0.05) is 23.7 Å². The topological polar surface area (TPSA) is 131 Å². The van der Waals surface area contributed by atoms with Crippen molar-refractivity contribution >= 4 is 40.5 Å². The first-order chi connectivity index (χ1) is 14.5. The number of rotatable bonds is 8. The Morgan fingerprint density at radius 2 is 1.83 bits per heavy atom. The van der Waals surface area contributed by atoms with Gasteiger partial charge in [-0.05, 0) is 43.3 Å². The van der Waals surface area contributed by atoms with Crippen LogP contribution >= 0.6 is 11.6 Å². The molecule has 0 unspecified atom stereocenters. The van der Waals surface area contributed by atoms with E-state index in [9.17, 15) is 14.9 Å². The maximum Gasteiger partial charge on any atom is 0.355 e. The molecular formula is C19H17ClN6O4. The van der Waals surface area contributed by atoms with Crippen molar-refractivity contribution in [1.29, 1.82) is 0 Å². The van der Waals surface area contributed by atoms with E-state index in [-0.39, 0.29) is 11.6 Å². The normalized spacial score (nSPS) is 10.2. The van der Waals surface area contributed by atoms with Crippen LogP contribution in [0.1, 0.15) is 17.3 Å². The fraction of sp³-hybridized carbons (Fsp3) is 0.105. The van der Waals surface area contributed by atoms with Gasteiger partial charge in [0.1, 0.15) is 12.1 Å². The lowest BCUT2D eigenvalue weighted by atomic mass is 10.2. The molecule has 154 valence electrons. The van der Waals surface area contributed by atoms with Gasteiger partial charge in [-0.3, -0.25) is 25.8 Å². The van der Waals surface area contributed by atoms with Crippen LogP contribution in [0.3, 0.4) is 0 Å². The molecule has 0 saturated heterocycles. The second-order valence-electron chi connectivity index (χ2n) is 5.82. The van der Waals surface area contributed by atoms with Gasteiger partial charge in [-0.15, -0.1) is 0 Å². The lowest BCUT2D eigenvalue weighted by Crippen LogP contribution is -2.30. The number of carbonyl (C=O) groups is 1. The van der Waals surface area contributed by atoms with Gasteiger partial charge in [0.05, 0.1) is 17.2 Å². The number of ether oxygens (including phenoxy) is 1. The fourth-order valence-electron chi connectivity index (χ4n) is 2.50. The van der Waals surface area contributed by atoms with Crippen LogP contribution in [0.2, 0.25) is 5.02 Å². The molecule has 0 radical (unpaired) electrons. The number of nitrogens with zero attached hydrogens (tertiary/aromatic N) is 3. The van der Waals surface area contributed by atoms with Crippen LogP contribution in [0.15, 0.2) is 54.9 Å². The van der Waals surface area contributed by atoms with Crippen LogP contribution < -0.4 is 20.9 Å². The maximum absolute atomic E-state index is 12.2. The first-order valence-electron chi connectivity index (χ1n) is 8.79. The zero-order chi connectivity index (χ0) is 21.5. The van der Waals surface area contributed by atoms with Crippen LogP contribution in [0.5, 0.6) is 5.75 Å². The highest BCUT2D eigenvalue weighted by atomic mass is 35.5. The van der Waals surface area contributed by atoms with Crippen LogP contribution in [0.4, 0.5) is 23.0 Å². The Morgan fingerprint density at radius 3 is 2.53 bits per heavy atom. The van der Waals surface area contributed by atoms with Gasteiger partial charge in [0.25, 0.3) is 5.91 Å². The highest BCUT2D eigenvalue weighted by Crippen LogP contribution is 2.34. The van der Waals surface area contributed by atoms with Gasteiger partial charge in [0.15, 0.2) is 0 Å². The largest absolute Gasteiger partial charge is 0.492 e. The van der Waals surface area contributed by atoms with Crippen LogP contribution in [0, 0.1) is 10.1 Å². The summed E-state index contributed by atoms with van der Waals surface area (Å²) >= 11 is 5.80. The van der Waals surface area contributed by atoms with E-state index in [0.29, 0.717) is 28.6 Å². The standard InChI is InChI=1S/C19H17ClN6O4/c1-2-30-15-6-4-3-5-14(15)23-17-16(26(28)29)18(22-11-21-17)24-25-19(27)12-7-9-13(20)10-8-12/h3-11H,2H2,1H3,(H,25,27)(H2,21,22,23,24). The van der Waals surface area contributed by atoms with E-state index in [1.54, 1.807) is 36.4 Å². The van der Waals surface area contributed by atoms with Crippen molar-refractivity contribution < 1.29 is 14.5 Å². The Hall–Kier alpha value is -3.92. The molecular weight excluding hydrogens is 412 g/mol. The van der Waals surface area contributed by atoms with Crippen LogP contribution in [0.25, 0.3) is 0 Å². The molecule has 1 heterocycles. The number of benzene rings is 2.